The molecule has 3 aromatic rings. The molecule has 0 fully saturated rings. The fourth-order valence-corrected chi connectivity index (χ4v) is 3.03. The molecule has 0 aliphatic heterocycles. The minimum absolute atomic E-state index is 0.539. The molecule has 2 N–H and O–H groups in total. The zero-order chi connectivity index (χ0) is 19.1. The fraction of sp³-hybridized carbons (Fsp3) is 0.273. The average molecular weight is 379 g/mol. The number of nitrogens with zero attached hydrogens (tertiary/aromatic N) is 2. The van der Waals surface area contributed by atoms with Crippen molar-refractivity contribution in [3.63, 3.8) is 0 Å². The van der Waals surface area contributed by atoms with Gasteiger partial charge in [-0.1, -0.05) is 55.3 Å². The molecule has 3 rings (SSSR count). The van der Waals surface area contributed by atoms with Gasteiger partial charge >= 0.3 is 0 Å². The van der Waals surface area contributed by atoms with Crippen LogP contribution in [0.5, 0.6) is 0 Å². The number of hydrogen-bond donors (Lipinski definition) is 2. The number of unbranched alkanes of at least 4 members (excludes halogenated alkanes) is 1. The van der Waals surface area contributed by atoms with Gasteiger partial charge in [-0.15, -0.1) is 0 Å². The van der Waals surface area contributed by atoms with Gasteiger partial charge in [0.15, 0.2) is 10.9 Å². The van der Waals surface area contributed by atoms with Crippen molar-refractivity contribution in [3.05, 3.63) is 77.5 Å². The van der Waals surface area contributed by atoms with Crippen molar-refractivity contribution < 1.29 is 0 Å². The minimum Gasteiger partial charge on any atom is -0.332 e. The smallest absolute Gasteiger partial charge is 0.176 e. The molecule has 2 aromatic carbocycles. The maximum atomic E-state index is 5.40. The van der Waals surface area contributed by atoms with Gasteiger partial charge in [0, 0.05) is 18.0 Å². The first kappa shape index (κ1) is 19.1. The highest BCUT2D eigenvalue weighted by atomic mass is 32.1. The normalized spacial score (nSPS) is 10.6. The second-order valence-corrected chi connectivity index (χ2v) is 7.17. The maximum absolute atomic E-state index is 5.40. The zero-order valence-corrected chi connectivity index (χ0v) is 16.7. The Kier molecular flexibility index (Phi) is 6.60. The van der Waals surface area contributed by atoms with E-state index < -0.39 is 0 Å². The van der Waals surface area contributed by atoms with Crippen LogP contribution in [-0.2, 0) is 13.0 Å². The quantitative estimate of drug-likeness (QED) is 0.541. The summed E-state index contributed by atoms with van der Waals surface area (Å²) in [4.78, 5) is 0. The topological polar surface area (TPSA) is 41.9 Å². The molecule has 0 bridgehead atoms. The number of rotatable bonds is 7. The predicted molar refractivity (Wildman–Crippen MR) is 117 cm³/mol. The van der Waals surface area contributed by atoms with Crippen LogP contribution in [0.25, 0.3) is 0 Å². The summed E-state index contributed by atoms with van der Waals surface area (Å²) in [6.07, 6.45) is 5.51. The standard InChI is InChI=1S/C22H26N4S/c1-3-4-5-18-10-12-20(13-11-18)23-22(27)24-21-14-15-26(25-21)16-19-8-6-17(2)7-9-19/h6-15H,3-5,16H2,1-2H3,(H2,23,24,25,27). The number of aromatic nitrogens is 2. The van der Waals surface area contributed by atoms with Crippen molar-refractivity contribution in [1.82, 2.24) is 9.78 Å². The molecule has 0 spiro atoms. The molecule has 0 aliphatic rings. The van der Waals surface area contributed by atoms with Gasteiger partial charge in [0.05, 0.1) is 6.54 Å². The molecule has 140 valence electrons. The maximum Gasteiger partial charge on any atom is 0.176 e. The van der Waals surface area contributed by atoms with E-state index in [1.165, 1.54) is 29.5 Å². The molecule has 1 aromatic heterocycles. The van der Waals surface area contributed by atoms with E-state index in [1.807, 2.05) is 16.9 Å². The minimum atomic E-state index is 0.539. The summed E-state index contributed by atoms with van der Waals surface area (Å²) in [6.45, 7) is 5.04. The van der Waals surface area contributed by atoms with Gasteiger partial charge in [-0.25, -0.2) is 0 Å². The summed E-state index contributed by atoms with van der Waals surface area (Å²) < 4.78 is 1.90. The molecule has 0 aliphatic carbocycles. The summed E-state index contributed by atoms with van der Waals surface area (Å²) in [5.74, 6) is 0.735. The molecule has 0 radical (unpaired) electrons. The van der Waals surface area contributed by atoms with Crippen LogP contribution in [0, 0.1) is 6.92 Å². The Labute approximate surface area is 166 Å². The monoisotopic (exact) mass is 378 g/mol. The first-order chi connectivity index (χ1) is 13.1. The Bertz CT molecular complexity index is 866. The van der Waals surface area contributed by atoms with Crippen molar-refractivity contribution in [3.8, 4) is 0 Å². The van der Waals surface area contributed by atoms with Crippen molar-refractivity contribution in [2.45, 2.75) is 39.7 Å². The van der Waals surface area contributed by atoms with Gasteiger partial charge < -0.3 is 10.6 Å². The number of hydrogen-bond acceptors (Lipinski definition) is 2. The Balaban J connectivity index is 1.52. The molecular weight excluding hydrogens is 352 g/mol. The van der Waals surface area contributed by atoms with Crippen LogP contribution in [0.1, 0.15) is 36.5 Å². The summed E-state index contributed by atoms with van der Waals surface area (Å²) >= 11 is 5.40. The summed E-state index contributed by atoms with van der Waals surface area (Å²) in [7, 11) is 0. The lowest BCUT2D eigenvalue weighted by molar-refractivity contribution is 0.690. The first-order valence-electron chi connectivity index (χ1n) is 9.38. The van der Waals surface area contributed by atoms with Crippen molar-refractivity contribution in [2.24, 2.45) is 0 Å². The van der Waals surface area contributed by atoms with Gasteiger partial charge in [-0.05, 0) is 55.2 Å². The highest BCUT2D eigenvalue weighted by Crippen LogP contribution is 2.13. The Morgan fingerprint density at radius 1 is 0.963 bits per heavy atom. The van der Waals surface area contributed by atoms with E-state index in [0.717, 1.165) is 24.5 Å². The van der Waals surface area contributed by atoms with Gasteiger partial charge in [-0.3, -0.25) is 4.68 Å². The lowest BCUT2D eigenvalue weighted by atomic mass is 10.1. The highest BCUT2D eigenvalue weighted by molar-refractivity contribution is 7.80. The van der Waals surface area contributed by atoms with Gasteiger partial charge in [0.2, 0.25) is 0 Å². The molecule has 4 nitrogen and oxygen atoms in total. The van der Waals surface area contributed by atoms with Crippen molar-refractivity contribution in [2.75, 3.05) is 10.6 Å². The van der Waals surface area contributed by atoms with Crippen LogP contribution in [0.4, 0.5) is 11.5 Å². The van der Waals surface area contributed by atoms with Crippen LogP contribution in [-0.4, -0.2) is 14.9 Å². The Morgan fingerprint density at radius 3 is 2.37 bits per heavy atom. The highest BCUT2D eigenvalue weighted by Gasteiger charge is 2.04. The third kappa shape index (κ3) is 5.93. The van der Waals surface area contributed by atoms with Gasteiger partial charge in [0.1, 0.15) is 0 Å². The molecule has 5 heteroatoms. The van der Waals surface area contributed by atoms with Crippen molar-refractivity contribution >= 4 is 28.8 Å². The molecule has 0 atom stereocenters. The molecule has 0 saturated heterocycles. The van der Waals surface area contributed by atoms with E-state index in [1.54, 1.807) is 0 Å². The van der Waals surface area contributed by atoms with Gasteiger partial charge in [-0.2, -0.15) is 5.10 Å². The van der Waals surface area contributed by atoms with E-state index in [9.17, 15) is 0 Å². The number of benzene rings is 2. The summed E-state index contributed by atoms with van der Waals surface area (Å²) in [5, 5.41) is 11.4. The third-order valence-electron chi connectivity index (χ3n) is 4.38. The van der Waals surface area contributed by atoms with Gasteiger partial charge in [0.25, 0.3) is 0 Å². The van der Waals surface area contributed by atoms with E-state index in [0.29, 0.717) is 5.11 Å². The molecule has 1 heterocycles. The molecule has 0 unspecified atom stereocenters. The van der Waals surface area contributed by atoms with E-state index >= 15 is 0 Å². The van der Waals surface area contributed by atoms with Crippen molar-refractivity contribution in [1.29, 1.82) is 0 Å². The van der Waals surface area contributed by atoms with Crippen LogP contribution in [0.2, 0.25) is 0 Å². The zero-order valence-electron chi connectivity index (χ0n) is 15.9. The average Bonchev–Trinajstić information content (AvgIpc) is 3.09. The molecule has 0 amide bonds. The van der Waals surface area contributed by atoms with E-state index in [4.69, 9.17) is 12.2 Å². The van der Waals surface area contributed by atoms with Crippen LogP contribution < -0.4 is 10.6 Å². The van der Waals surface area contributed by atoms with E-state index in [2.05, 4.69) is 78.1 Å². The lowest BCUT2D eigenvalue weighted by Crippen LogP contribution is -2.19. The molecule has 0 saturated carbocycles. The lowest BCUT2D eigenvalue weighted by Gasteiger charge is -2.09. The largest absolute Gasteiger partial charge is 0.332 e. The predicted octanol–water partition coefficient (Wildman–Crippen LogP) is 5.39. The Hall–Kier alpha value is -2.66. The van der Waals surface area contributed by atoms with Crippen LogP contribution in [0.3, 0.4) is 0 Å². The van der Waals surface area contributed by atoms with Crippen LogP contribution >= 0.6 is 12.2 Å². The first-order valence-corrected chi connectivity index (χ1v) is 9.79. The summed E-state index contributed by atoms with van der Waals surface area (Å²) in [6, 6.07) is 18.8. The number of aryl methyl sites for hydroxylation is 2. The fourth-order valence-electron chi connectivity index (χ4n) is 2.81. The molecular formula is C22H26N4S. The number of anilines is 2. The van der Waals surface area contributed by atoms with E-state index in [-0.39, 0.29) is 0 Å². The number of nitrogens with one attached hydrogen (secondary N) is 2. The second-order valence-electron chi connectivity index (χ2n) is 6.76. The third-order valence-corrected chi connectivity index (χ3v) is 4.58. The SMILES string of the molecule is CCCCc1ccc(NC(=S)Nc2ccn(Cc3ccc(C)cc3)n2)cc1. The molecule has 27 heavy (non-hydrogen) atoms. The van der Waals surface area contributed by atoms with Crippen LogP contribution in [0.15, 0.2) is 60.8 Å². The summed E-state index contributed by atoms with van der Waals surface area (Å²) in [5.41, 5.74) is 4.82. The second kappa shape index (κ2) is 9.33. The Morgan fingerprint density at radius 2 is 1.67 bits per heavy atom. The number of thiocarbonyl (C=S) groups is 1.